The third-order valence-corrected chi connectivity index (χ3v) is 3.20. The number of para-hydroxylation sites is 1. The van der Waals surface area contributed by atoms with E-state index in [9.17, 15) is 8.42 Å². The van der Waals surface area contributed by atoms with Crippen molar-refractivity contribution in [3.05, 3.63) is 48.4 Å². The van der Waals surface area contributed by atoms with E-state index in [1.165, 1.54) is 6.07 Å². The molecule has 0 radical (unpaired) electrons. The zero-order valence-corrected chi connectivity index (χ0v) is 9.78. The lowest BCUT2D eigenvalue weighted by atomic mass is 10.3. The Labute approximate surface area is 99.3 Å². The van der Waals surface area contributed by atoms with E-state index in [1.807, 2.05) is 0 Å². The number of nitrogens with one attached hydrogen (secondary N) is 1. The number of primary sulfonamides is 1. The lowest BCUT2D eigenvalue weighted by Gasteiger charge is -2.08. The van der Waals surface area contributed by atoms with E-state index in [-0.39, 0.29) is 4.90 Å². The van der Waals surface area contributed by atoms with E-state index in [0.29, 0.717) is 18.0 Å². The first-order chi connectivity index (χ1) is 8.07. The van der Waals surface area contributed by atoms with Crippen LogP contribution < -0.4 is 10.5 Å². The first kappa shape index (κ1) is 11.7. The van der Waals surface area contributed by atoms with Crippen molar-refractivity contribution in [2.24, 2.45) is 5.14 Å². The highest BCUT2D eigenvalue weighted by atomic mass is 32.2. The number of nitrogens with two attached hydrogens (primary N) is 1. The maximum absolute atomic E-state index is 11.3. The Balaban J connectivity index is 2.22. The average Bonchev–Trinajstić information content (AvgIpc) is 2.78. The molecule has 90 valence electrons. The number of hydrogen-bond donors (Lipinski definition) is 2. The van der Waals surface area contributed by atoms with Gasteiger partial charge in [-0.3, -0.25) is 0 Å². The van der Waals surface area contributed by atoms with Gasteiger partial charge in [0, 0.05) is 0 Å². The maximum atomic E-state index is 11.3. The minimum Gasteiger partial charge on any atom is -0.467 e. The van der Waals surface area contributed by atoms with E-state index >= 15 is 0 Å². The van der Waals surface area contributed by atoms with Gasteiger partial charge in [0.05, 0.1) is 18.5 Å². The van der Waals surface area contributed by atoms with Crippen molar-refractivity contribution < 1.29 is 12.8 Å². The topological polar surface area (TPSA) is 85.3 Å². The summed E-state index contributed by atoms with van der Waals surface area (Å²) < 4.78 is 27.8. The van der Waals surface area contributed by atoms with Gasteiger partial charge in [0.25, 0.3) is 0 Å². The minimum atomic E-state index is -3.72. The molecule has 0 amide bonds. The van der Waals surface area contributed by atoms with E-state index in [4.69, 9.17) is 9.56 Å². The molecule has 1 aromatic heterocycles. The van der Waals surface area contributed by atoms with Crippen LogP contribution in [-0.2, 0) is 16.6 Å². The molecule has 0 atom stereocenters. The number of rotatable bonds is 4. The summed E-state index contributed by atoms with van der Waals surface area (Å²) in [6.45, 7) is 0.402. The molecule has 0 aliphatic rings. The van der Waals surface area contributed by atoms with Gasteiger partial charge in [0.1, 0.15) is 10.7 Å². The number of benzene rings is 1. The summed E-state index contributed by atoms with van der Waals surface area (Å²) in [6, 6.07) is 10.0. The van der Waals surface area contributed by atoms with Gasteiger partial charge in [-0.05, 0) is 24.3 Å². The normalized spacial score (nSPS) is 11.4. The zero-order valence-electron chi connectivity index (χ0n) is 8.96. The molecule has 17 heavy (non-hydrogen) atoms. The second-order valence-corrected chi connectivity index (χ2v) is 5.00. The van der Waals surface area contributed by atoms with Crippen LogP contribution in [0.3, 0.4) is 0 Å². The van der Waals surface area contributed by atoms with E-state index in [0.717, 1.165) is 0 Å². The number of furan rings is 1. The van der Waals surface area contributed by atoms with Crippen LogP contribution in [0.4, 0.5) is 5.69 Å². The van der Waals surface area contributed by atoms with Gasteiger partial charge >= 0.3 is 0 Å². The largest absolute Gasteiger partial charge is 0.467 e. The lowest BCUT2D eigenvalue weighted by Crippen LogP contribution is -2.14. The van der Waals surface area contributed by atoms with Gasteiger partial charge in [0.2, 0.25) is 10.0 Å². The van der Waals surface area contributed by atoms with E-state index < -0.39 is 10.0 Å². The Kier molecular flexibility index (Phi) is 3.16. The monoisotopic (exact) mass is 252 g/mol. The molecule has 0 aliphatic carbocycles. The summed E-state index contributed by atoms with van der Waals surface area (Å²) in [5.74, 6) is 0.717. The third kappa shape index (κ3) is 2.86. The Morgan fingerprint density at radius 3 is 2.59 bits per heavy atom. The Morgan fingerprint density at radius 1 is 1.18 bits per heavy atom. The molecule has 2 rings (SSSR count). The molecule has 2 aromatic rings. The molecule has 0 aliphatic heterocycles. The quantitative estimate of drug-likeness (QED) is 0.864. The standard InChI is InChI=1S/C11H12N2O3S/c12-17(14,15)11-6-2-1-5-10(11)13-8-9-4-3-7-16-9/h1-7,13H,8H2,(H2,12,14,15). The first-order valence-corrected chi connectivity index (χ1v) is 6.50. The smallest absolute Gasteiger partial charge is 0.240 e. The van der Waals surface area contributed by atoms with Crippen molar-refractivity contribution in [3.63, 3.8) is 0 Å². The van der Waals surface area contributed by atoms with Gasteiger partial charge < -0.3 is 9.73 Å². The van der Waals surface area contributed by atoms with Crippen LogP contribution in [0.2, 0.25) is 0 Å². The summed E-state index contributed by atoms with van der Waals surface area (Å²) in [6.07, 6.45) is 1.56. The van der Waals surface area contributed by atoms with Crippen molar-refractivity contribution in [2.75, 3.05) is 5.32 Å². The van der Waals surface area contributed by atoms with Gasteiger partial charge in [-0.1, -0.05) is 12.1 Å². The molecule has 5 nitrogen and oxygen atoms in total. The molecule has 0 spiro atoms. The fourth-order valence-electron chi connectivity index (χ4n) is 1.46. The van der Waals surface area contributed by atoms with Crippen molar-refractivity contribution in [3.8, 4) is 0 Å². The highest BCUT2D eigenvalue weighted by molar-refractivity contribution is 7.89. The Bertz CT molecular complexity index is 591. The van der Waals surface area contributed by atoms with Crippen LogP contribution in [0.15, 0.2) is 52.0 Å². The van der Waals surface area contributed by atoms with E-state index in [1.54, 1.807) is 36.6 Å². The van der Waals surface area contributed by atoms with Crippen molar-refractivity contribution in [1.29, 1.82) is 0 Å². The lowest BCUT2D eigenvalue weighted by molar-refractivity contribution is 0.518. The predicted octanol–water partition coefficient (Wildman–Crippen LogP) is 1.54. The molecule has 1 aromatic carbocycles. The van der Waals surface area contributed by atoms with Gasteiger partial charge in [-0.15, -0.1) is 0 Å². The van der Waals surface area contributed by atoms with Crippen molar-refractivity contribution in [2.45, 2.75) is 11.4 Å². The zero-order chi connectivity index (χ0) is 12.3. The van der Waals surface area contributed by atoms with Crippen LogP contribution in [0.25, 0.3) is 0 Å². The molecule has 3 N–H and O–H groups in total. The van der Waals surface area contributed by atoms with Crippen LogP contribution in [-0.4, -0.2) is 8.42 Å². The Hall–Kier alpha value is -1.79. The fourth-order valence-corrected chi connectivity index (χ4v) is 2.17. The fraction of sp³-hybridized carbons (Fsp3) is 0.0909. The summed E-state index contributed by atoms with van der Waals surface area (Å²) in [4.78, 5) is 0.0755. The van der Waals surface area contributed by atoms with Crippen LogP contribution in [0.1, 0.15) is 5.76 Å². The summed E-state index contributed by atoms with van der Waals surface area (Å²) in [7, 11) is -3.72. The SMILES string of the molecule is NS(=O)(=O)c1ccccc1NCc1ccco1. The Morgan fingerprint density at radius 2 is 1.94 bits per heavy atom. The van der Waals surface area contributed by atoms with Gasteiger partial charge in [0.15, 0.2) is 0 Å². The first-order valence-electron chi connectivity index (χ1n) is 4.95. The molecule has 0 saturated heterocycles. The maximum Gasteiger partial charge on any atom is 0.240 e. The second kappa shape index (κ2) is 4.60. The van der Waals surface area contributed by atoms with Crippen molar-refractivity contribution >= 4 is 15.7 Å². The number of anilines is 1. The molecule has 0 fully saturated rings. The highest BCUT2D eigenvalue weighted by Crippen LogP contribution is 2.19. The van der Waals surface area contributed by atoms with Crippen LogP contribution in [0.5, 0.6) is 0 Å². The summed E-state index contributed by atoms with van der Waals surface area (Å²) in [5.41, 5.74) is 0.464. The third-order valence-electron chi connectivity index (χ3n) is 2.23. The van der Waals surface area contributed by atoms with Gasteiger partial charge in [-0.25, -0.2) is 13.6 Å². The average molecular weight is 252 g/mol. The number of hydrogen-bond acceptors (Lipinski definition) is 4. The predicted molar refractivity (Wildman–Crippen MR) is 63.8 cm³/mol. The molecular weight excluding hydrogens is 240 g/mol. The van der Waals surface area contributed by atoms with E-state index in [2.05, 4.69) is 5.32 Å². The molecular formula is C11H12N2O3S. The molecule has 6 heteroatoms. The highest BCUT2D eigenvalue weighted by Gasteiger charge is 2.12. The van der Waals surface area contributed by atoms with Gasteiger partial charge in [-0.2, -0.15) is 0 Å². The number of sulfonamides is 1. The summed E-state index contributed by atoms with van der Waals surface area (Å²) >= 11 is 0. The summed E-state index contributed by atoms with van der Waals surface area (Å²) in [5, 5.41) is 8.08. The second-order valence-electron chi connectivity index (χ2n) is 3.47. The molecule has 0 bridgehead atoms. The molecule has 0 saturated carbocycles. The molecule has 0 unspecified atom stereocenters. The minimum absolute atomic E-state index is 0.0755. The van der Waals surface area contributed by atoms with Crippen LogP contribution >= 0.6 is 0 Å². The van der Waals surface area contributed by atoms with Crippen molar-refractivity contribution in [1.82, 2.24) is 0 Å². The van der Waals surface area contributed by atoms with Crippen LogP contribution in [0, 0.1) is 0 Å². The molecule has 1 heterocycles.